The van der Waals surface area contributed by atoms with Gasteiger partial charge in [-0.05, 0) is 54.9 Å². The van der Waals surface area contributed by atoms with Crippen molar-refractivity contribution < 1.29 is 23.7 Å². The van der Waals surface area contributed by atoms with E-state index in [1.807, 2.05) is 42.5 Å². The Balaban J connectivity index is 1.64. The molecule has 0 unspecified atom stereocenters. The molecule has 0 aromatic heterocycles. The molecule has 0 radical (unpaired) electrons. The largest absolute Gasteiger partial charge is 0.790 e. The molecule has 0 spiro atoms. The van der Waals surface area contributed by atoms with E-state index in [0.29, 0.717) is 12.8 Å². The molecule has 212 valence electrons. The molecule has 0 aliphatic carbocycles. The van der Waals surface area contributed by atoms with E-state index < -0.39 is 13.9 Å². The molecule has 38 heavy (non-hydrogen) atoms. The first-order valence-electron chi connectivity index (χ1n) is 14.5. The highest BCUT2D eigenvalue weighted by atomic mass is 31.2. The van der Waals surface area contributed by atoms with Crippen LogP contribution in [0.4, 0.5) is 0 Å². The third-order valence-corrected chi connectivity index (χ3v) is 7.28. The van der Waals surface area contributed by atoms with E-state index >= 15 is 0 Å². The van der Waals surface area contributed by atoms with E-state index in [4.69, 9.17) is 0 Å². The van der Waals surface area contributed by atoms with Crippen LogP contribution in [-0.4, -0.2) is 18.6 Å². The van der Waals surface area contributed by atoms with Crippen LogP contribution in [0.2, 0.25) is 0 Å². The number of hydrogen-bond acceptors (Lipinski definition) is 5. The van der Waals surface area contributed by atoms with Crippen molar-refractivity contribution >= 4 is 24.5 Å². The van der Waals surface area contributed by atoms with Gasteiger partial charge in [0, 0.05) is 6.42 Å². The predicted octanol–water partition coefficient (Wildman–Crippen LogP) is 6.75. The van der Waals surface area contributed by atoms with Crippen molar-refractivity contribution in [2.75, 3.05) is 6.61 Å². The van der Waals surface area contributed by atoms with Gasteiger partial charge in [-0.25, -0.2) is 0 Å². The van der Waals surface area contributed by atoms with Gasteiger partial charge in [0.05, 0.1) is 20.5 Å². The SMILES string of the molecule is CCCCCCCC/C=C\CCCCCCCC(=O)N[C@H](COP(=O)([O-])[O-])Cc1cccc2ccccc12. The van der Waals surface area contributed by atoms with Gasteiger partial charge in [0.15, 0.2) is 0 Å². The lowest BCUT2D eigenvalue weighted by molar-refractivity contribution is -0.342. The third kappa shape index (κ3) is 14.8. The number of benzene rings is 2. The molecule has 0 saturated carbocycles. The molecule has 7 heteroatoms. The minimum absolute atomic E-state index is 0.150. The second-order valence-corrected chi connectivity index (χ2v) is 11.3. The van der Waals surface area contributed by atoms with Crippen LogP contribution >= 0.6 is 7.82 Å². The summed E-state index contributed by atoms with van der Waals surface area (Å²) in [6.45, 7) is 1.88. The Kier molecular flexibility index (Phi) is 16.2. The number of nitrogens with one attached hydrogen (secondary N) is 1. The zero-order valence-corrected chi connectivity index (χ0v) is 24.0. The lowest BCUT2D eigenvalue weighted by atomic mass is 9.99. The average Bonchev–Trinajstić information content (AvgIpc) is 2.89. The van der Waals surface area contributed by atoms with E-state index in [0.717, 1.165) is 48.4 Å². The minimum atomic E-state index is -5.13. The summed E-state index contributed by atoms with van der Waals surface area (Å²) in [5.74, 6) is -0.150. The molecule has 2 aromatic carbocycles. The first kappa shape index (κ1) is 32.2. The van der Waals surface area contributed by atoms with E-state index in [-0.39, 0.29) is 12.5 Å². The van der Waals surface area contributed by atoms with Crippen molar-refractivity contribution in [1.82, 2.24) is 5.32 Å². The van der Waals surface area contributed by atoms with E-state index in [1.54, 1.807) is 0 Å². The fourth-order valence-electron chi connectivity index (χ4n) is 4.72. The fourth-order valence-corrected chi connectivity index (χ4v) is 5.09. The number of unbranched alkanes of at least 4 members (excludes halogenated alkanes) is 11. The van der Waals surface area contributed by atoms with Gasteiger partial charge in [0.1, 0.15) is 0 Å². The Bertz CT molecular complexity index is 997. The van der Waals surface area contributed by atoms with Gasteiger partial charge in [-0.2, -0.15) is 0 Å². The summed E-state index contributed by atoms with van der Waals surface area (Å²) in [6, 6.07) is 13.1. The Labute approximate surface area is 229 Å². The first-order valence-corrected chi connectivity index (χ1v) is 15.9. The van der Waals surface area contributed by atoms with Crippen LogP contribution in [0.25, 0.3) is 10.8 Å². The maximum atomic E-state index is 12.6. The van der Waals surface area contributed by atoms with Crippen molar-refractivity contribution in [3.8, 4) is 0 Å². The van der Waals surface area contributed by atoms with Gasteiger partial charge in [-0.3, -0.25) is 4.79 Å². The second kappa shape index (κ2) is 19.1. The van der Waals surface area contributed by atoms with Gasteiger partial charge in [0.25, 0.3) is 0 Å². The van der Waals surface area contributed by atoms with Crippen molar-refractivity contribution in [3.05, 3.63) is 60.2 Å². The molecule has 0 heterocycles. The molecule has 2 aromatic rings. The number of carbonyl (C=O) groups excluding carboxylic acids is 1. The topological polar surface area (TPSA) is 102 Å². The molecule has 1 N–H and O–H groups in total. The molecule has 0 bridgehead atoms. The summed E-state index contributed by atoms with van der Waals surface area (Å²) in [5, 5.41) is 4.97. The van der Waals surface area contributed by atoms with E-state index in [9.17, 15) is 19.1 Å². The van der Waals surface area contributed by atoms with Crippen LogP contribution in [0.1, 0.15) is 102 Å². The van der Waals surface area contributed by atoms with Crippen LogP contribution in [0.5, 0.6) is 0 Å². The van der Waals surface area contributed by atoms with E-state index in [1.165, 1.54) is 51.4 Å². The van der Waals surface area contributed by atoms with Crippen LogP contribution in [0.3, 0.4) is 0 Å². The summed E-state index contributed by atoms with van der Waals surface area (Å²) < 4.78 is 15.6. The highest BCUT2D eigenvalue weighted by molar-refractivity contribution is 7.43. The quantitative estimate of drug-likeness (QED) is 0.107. The number of amides is 1. The number of fused-ring (bicyclic) bond motifs is 1. The van der Waals surface area contributed by atoms with Crippen molar-refractivity contribution in [3.63, 3.8) is 0 Å². The molecular formula is C31H46NO5P-2. The number of carbonyl (C=O) groups is 1. The summed E-state index contributed by atoms with van der Waals surface area (Å²) in [5.41, 5.74) is 0.963. The fraction of sp³-hybridized carbons (Fsp3) is 0.581. The lowest BCUT2D eigenvalue weighted by Gasteiger charge is -2.31. The van der Waals surface area contributed by atoms with Gasteiger partial charge < -0.3 is 24.2 Å². The van der Waals surface area contributed by atoms with Crippen molar-refractivity contribution in [1.29, 1.82) is 0 Å². The Morgan fingerprint density at radius 2 is 1.47 bits per heavy atom. The summed E-state index contributed by atoms with van der Waals surface area (Å²) >= 11 is 0. The van der Waals surface area contributed by atoms with Gasteiger partial charge >= 0.3 is 0 Å². The maximum Gasteiger partial charge on any atom is 0.220 e. The highest BCUT2D eigenvalue weighted by Gasteiger charge is 2.15. The molecule has 1 atom stereocenters. The van der Waals surface area contributed by atoms with Crippen molar-refractivity contribution in [2.45, 2.75) is 109 Å². The molecule has 2 rings (SSSR count). The number of hydrogen-bond donors (Lipinski definition) is 1. The Hall–Kier alpha value is -1.98. The van der Waals surface area contributed by atoms with Crippen LogP contribution < -0.4 is 15.1 Å². The average molecular weight is 544 g/mol. The summed E-state index contributed by atoms with van der Waals surface area (Å²) in [7, 11) is -5.13. The number of rotatable bonds is 21. The molecule has 1 amide bonds. The number of phosphoric acid groups is 1. The molecule has 0 aliphatic rings. The normalized spacial score (nSPS) is 12.8. The third-order valence-electron chi connectivity index (χ3n) is 6.81. The number of phosphoric ester groups is 1. The van der Waals surface area contributed by atoms with Crippen molar-refractivity contribution in [2.24, 2.45) is 0 Å². The predicted molar refractivity (Wildman–Crippen MR) is 153 cm³/mol. The minimum Gasteiger partial charge on any atom is -0.790 e. The maximum absolute atomic E-state index is 12.6. The van der Waals surface area contributed by atoms with Crippen LogP contribution in [0.15, 0.2) is 54.6 Å². The highest BCUT2D eigenvalue weighted by Crippen LogP contribution is 2.26. The molecule has 0 saturated heterocycles. The van der Waals surface area contributed by atoms with Crippen LogP contribution in [0, 0.1) is 0 Å². The van der Waals surface area contributed by atoms with Gasteiger partial charge in [-0.1, -0.05) is 113 Å². The smallest absolute Gasteiger partial charge is 0.220 e. The standard InChI is InChI=1S/C31H48NO5P/c1-2-3-4-5-6-7-8-9-10-11-12-13-14-15-16-24-31(33)32-29(26-37-38(34,35)36)25-28-22-19-21-27-20-17-18-23-30(27)28/h9-10,17-23,29H,2-8,11-16,24-26H2,1H3,(H,32,33)(H2,34,35,36)/p-2/b10-9-/t29-/m0/s1. The summed E-state index contributed by atoms with van der Waals surface area (Å²) in [6.07, 6.45) is 20.9. The lowest BCUT2D eigenvalue weighted by Crippen LogP contribution is -2.40. The summed E-state index contributed by atoms with van der Waals surface area (Å²) in [4.78, 5) is 34.7. The zero-order chi connectivity index (χ0) is 27.5. The Morgan fingerprint density at radius 3 is 2.16 bits per heavy atom. The van der Waals surface area contributed by atoms with Gasteiger partial charge in [0.2, 0.25) is 5.91 Å². The molecule has 0 fully saturated rings. The molecular weight excluding hydrogens is 497 g/mol. The van der Waals surface area contributed by atoms with Gasteiger partial charge in [-0.15, -0.1) is 0 Å². The second-order valence-electron chi connectivity index (χ2n) is 10.2. The Morgan fingerprint density at radius 1 is 0.868 bits per heavy atom. The first-order chi connectivity index (χ1) is 18.4. The van der Waals surface area contributed by atoms with E-state index in [2.05, 4.69) is 28.9 Å². The molecule has 6 nitrogen and oxygen atoms in total. The molecule has 0 aliphatic heterocycles. The van der Waals surface area contributed by atoms with Crippen LogP contribution in [-0.2, 0) is 20.3 Å². The monoisotopic (exact) mass is 543 g/mol. The number of allylic oxidation sites excluding steroid dienone is 2. The zero-order valence-electron chi connectivity index (χ0n) is 23.1.